The molecule has 5 nitrogen and oxygen atoms in total. The first-order valence-electron chi connectivity index (χ1n) is 9.18. The molecule has 0 aliphatic rings. The molecule has 1 atom stereocenters. The number of nitrogens with one attached hydrogen (secondary N) is 2. The fourth-order valence-electron chi connectivity index (χ4n) is 2.35. The molecule has 1 unspecified atom stereocenters. The van der Waals surface area contributed by atoms with Crippen molar-refractivity contribution >= 4 is 29.1 Å². The molecule has 0 fully saturated rings. The monoisotopic (exact) mass is 406 g/mol. The number of rotatable bonds is 9. The van der Waals surface area contributed by atoms with Crippen molar-refractivity contribution in [2.24, 2.45) is 10.9 Å². The number of thiazole rings is 1. The van der Waals surface area contributed by atoms with Crippen LogP contribution in [0.2, 0.25) is 0 Å². The SMILES string of the molecule is CN=C(NCc1nc(C(C)C)cs1)NCC(C)CSc1ccccc1OC. The van der Waals surface area contributed by atoms with Crippen LogP contribution < -0.4 is 15.4 Å². The van der Waals surface area contributed by atoms with Gasteiger partial charge in [0.25, 0.3) is 0 Å². The predicted octanol–water partition coefficient (Wildman–Crippen LogP) is 4.37. The van der Waals surface area contributed by atoms with Crippen LogP contribution in [0.15, 0.2) is 39.5 Å². The normalized spacial score (nSPS) is 12.9. The molecule has 0 aliphatic carbocycles. The van der Waals surface area contributed by atoms with E-state index in [9.17, 15) is 0 Å². The Balaban J connectivity index is 1.74. The van der Waals surface area contributed by atoms with Crippen LogP contribution in [0.4, 0.5) is 0 Å². The highest BCUT2D eigenvalue weighted by atomic mass is 32.2. The third-order valence-corrected chi connectivity index (χ3v) is 6.25. The Morgan fingerprint density at radius 2 is 2.04 bits per heavy atom. The number of benzene rings is 1. The molecule has 0 saturated heterocycles. The zero-order valence-electron chi connectivity index (χ0n) is 16.8. The maximum absolute atomic E-state index is 5.41. The molecule has 0 saturated carbocycles. The zero-order chi connectivity index (χ0) is 19.6. The average molecular weight is 407 g/mol. The highest BCUT2D eigenvalue weighted by Crippen LogP contribution is 2.29. The highest BCUT2D eigenvalue weighted by molar-refractivity contribution is 7.99. The number of thioether (sulfide) groups is 1. The lowest BCUT2D eigenvalue weighted by atomic mass is 10.2. The van der Waals surface area contributed by atoms with Crippen LogP contribution >= 0.6 is 23.1 Å². The van der Waals surface area contributed by atoms with Crippen LogP contribution in [-0.2, 0) is 6.54 Å². The summed E-state index contributed by atoms with van der Waals surface area (Å²) >= 11 is 3.51. The summed E-state index contributed by atoms with van der Waals surface area (Å²) in [5.41, 5.74) is 1.15. The minimum absolute atomic E-state index is 0.467. The number of methoxy groups -OCH3 is 1. The number of nitrogens with zero attached hydrogens (tertiary/aromatic N) is 2. The summed E-state index contributed by atoms with van der Waals surface area (Å²) in [5, 5.41) is 9.97. The lowest BCUT2D eigenvalue weighted by molar-refractivity contribution is 0.405. The molecule has 27 heavy (non-hydrogen) atoms. The van der Waals surface area contributed by atoms with Crippen LogP contribution in [-0.4, -0.2) is 37.4 Å². The molecule has 0 bridgehead atoms. The van der Waals surface area contributed by atoms with Gasteiger partial charge in [-0.3, -0.25) is 4.99 Å². The molecule has 1 heterocycles. The molecule has 148 valence electrons. The quantitative estimate of drug-likeness (QED) is 0.368. The molecule has 7 heteroatoms. The summed E-state index contributed by atoms with van der Waals surface area (Å²) in [5.74, 6) is 3.71. The molecule has 0 amide bonds. The summed E-state index contributed by atoms with van der Waals surface area (Å²) in [6.07, 6.45) is 0. The van der Waals surface area contributed by atoms with Crippen molar-refractivity contribution in [1.82, 2.24) is 15.6 Å². The first-order chi connectivity index (χ1) is 13.0. The Hall–Kier alpha value is -1.73. The molecule has 1 aromatic carbocycles. The number of hydrogen-bond donors (Lipinski definition) is 2. The summed E-state index contributed by atoms with van der Waals surface area (Å²) in [4.78, 5) is 10.1. The van der Waals surface area contributed by atoms with Crippen molar-refractivity contribution < 1.29 is 4.74 Å². The summed E-state index contributed by atoms with van der Waals surface area (Å²) in [6.45, 7) is 8.12. The second kappa shape index (κ2) is 11.2. The largest absolute Gasteiger partial charge is 0.496 e. The van der Waals surface area contributed by atoms with Crippen LogP contribution in [0.3, 0.4) is 0 Å². The third-order valence-electron chi connectivity index (χ3n) is 4.00. The smallest absolute Gasteiger partial charge is 0.191 e. The van der Waals surface area contributed by atoms with Crippen molar-refractivity contribution in [2.45, 2.75) is 38.1 Å². The molecule has 2 N–H and O–H groups in total. The second-order valence-electron chi connectivity index (χ2n) is 6.69. The van der Waals surface area contributed by atoms with Crippen molar-refractivity contribution in [1.29, 1.82) is 0 Å². The van der Waals surface area contributed by atoms with Crippen molar-refractivity contribution in [3.8, 4) is 5.75 Å². The van der Waals surface area contributed by atoms with E-state index >= 15 is 0 Å². The first kappa shape index (κ1) is 21.6. The number of hydrogen-bond acceptors (Lipinski definition) is 5. The van der Waals surface area contributed by atoms with E-state index in [0.29, 0.717) is 18.4 Å². The van der Waals surface area contributed by atoms with E-state index < -0.39 is 0 Å². The Morgan fingerprint density at radius 1 is 1.26 bits per heavy atom. The Bertz CT molecular complexity index is 730. The Kier molecular flexibility index (Phi) is 8.94. The van der Waals surface area contributed by atoms with Crippen molar-refractivity contribution in [2.75, 3.05) is 26.5 Å². The summed E-state index contributed by atoms with van der Waals surface area (Å²) in [6, 6.07) is 8.14. The first-order valence-corrected chi connectivity index (χ1v) is 11.0. The van der Waals surface area contributed by atoms with E-state index in [1.807, 2.05) is 30.0 Å². The number of aliphatic imine (C=N–C) groups is 1. The van der Waals surface area contributed by atoms with Crippen LogP contribution in [0.5, 0.6) is 5.75 Å². The van der Waals surface area contributed by atoms with Gasteiger partial charge in [0.2, 0.25) is 0 Å². The van der Waals surface area contributed by atoms with Gasteiger partial charge in [-0.25, -0.2) is 4.98 Å². The fraction of sp³-hybridized carbons (Fsp3) is 0.500. The molecule has 1 aromatic heterocycles. The van der Waals surface area contributed by atoms with Gasteiger partial charge in [-0.05, 0) is 24.0 Å². The molecule has 0 spiro atoms. The second-order valence-corrected chi connectivity index (χ2v) is 8.70. The van der Waals surface area contributed by atoms with E-state index in [4.69, 9.17) is 4.74 Å². The maximum atomic E-state index is 5.41. The van der Waals surface area contributed by atoms with E-state index in [-0.39, 0.29) is 0 Å². The van der Waals surface area contributed by atoms with Gasteiger partial charge in [-0.2, -0.15) is 0 Å². The van der Waals surface area contributed by atoms with Gasteiger partial charge in [0, 0.05) is 29.6 Å². The minimum Gasteiger partial charge on any atom is -0.496 e. The zero-order valence-corrected chi connectivity index (χ0v) is 18.4. The Morgan fingerprint density at radius 3 is 2.70 bits per heavy atom. The number of para-hydroxylation sites is 1. The standard InChI is InChI=1S/C20H30N4OS2/c1-14(2)16-13-27-19(24-16)11-23-20(21-4)22-10-15(3)12-26-18-9-7-6-8-17(18)25-5/h6-9,13-15H,10-12H2,1-5H3,(H2,21,22,23). The molecular formula is C20H30N4OS2. The van der Waals surface area contributed by atoms with Gasteiger partial charge in [-0.1, -0.05) is 32.9 Å². The summed E-state index contributed by atoms with van der Waals surface area (Å²) in [7, 11) is 3.51. The molecule has 2 aromatic rings. The minimum atomic E-state index is 0.467. The lowest BCUT2D eigenvalue weighted by Gasteiger charge is -2.16. The molecular weight excluding hydrogens is 376 g/mol. The predicted molar refractivity (Wildman–Crippen MR) is 117 cm³/mol. The van der Waals surface area contributed by atoms with Crippen molar-refractivity contribution in [3.05, 3.63) is 40.3 Å². The van der Waals surface area contributed by atoms with E-state index in [1.165, 1.54) is 4.90 Å². The molecule has 0 aliphatic heterocycles. The fourth-order valence-corrected chi connectivity index (χ4v) is 4.30. The summed E-state index contributed by atoms with van der Waals surface area (Å²) < 4.78 is 5.41. The van der Waals surface area contributed by atoms with Crippen LogP contribution in [0, 0.1) is 5.92 Å². The molecule has 2 rings (SSSR count). The van der Waals surface area contributed by atoms with Gasteiger partial charge in [0.15, 0.2) is 5.96 Å². The Labute approximate surface area is 171 Å². The number of guanidine groups is 1. The van der Waals surface area contributed by atoms with E-state index in [1.54, 1.807) is 25.5 Å². The van der Waals surface area contributed by atoms with Crippen molar-refractivity contribution in [3.63, 3.8) is 0 Å². The molecule has 0 radical (unpaired) electrons. The van der Waals surface area contributed by atoms with Gasteiger partial charge < -0.3 is 15.4 Å². The highest BCUT2D eigenvalue weighted by Gasteiger charge is 2.09. The number of aromatic nitrogens is 1. The van der Waals surface area contributed by atoms with Gasteiger partial charge in [-0.15, -0.1) is 23.1 Å². The van der Waals surface area contributed by atoms with Crippen LogP contribution in [0.1, 0.15) is 37.4 Å². The van der Waals surface area contributed by atoms with E-state index in [2.05, 4.69) is 52.8 Å². The van der Waals surface area contributed by atoms with Crippen LogP contribution in [0.25, 0.3) is 0 Å². The van der Waals surface area contributed by atoms with E-state index in [0.717, 1.165) is 34.7 Å². The topological polar surface area (TPSA) is 58.5 Å². The number of ether oxygens (including phenoxy) is 1. The maximum Gasteiger partial charge on any atom is 0.191 e. The third kappa shape index (κ3) is 7.07. The van der Waals surface area contributed by atoms with Gasteiger partial charge >= 0.3 is 0 Å². The van der Waals surface area contributed by atoms with Gasteiger partial charge in [0.05, 0.1) is 19.3 Å². The van der Waals surface area contributed by atoms with Gasteiger partial charge in [0.1, 0.15) is 10.8 Å². The lowest BCUT2D eigenvalue weighted by Crippen LogP contribution is -2.39. The average Bonchev–Trinajstić information content (AvgIpc) is 3.16.